The molecule has 10 nitrogen and oxygen atoms in total. The number of anilines is 3. The summed E-state index contributed by atoms with van der Waals surface area (Å²) in [5.74, 6) is 1.99. The van der Waals surface area contributed by atoms with Crippen LogP contribution in [0.25, 0.3) is 27.9 Å². The Morgan fingerprint density at radius 3 is 2.86 bits per heavy atom. The minimum absolute atomic E-state index is 0.248. The zero-order valence-corrected chi connectivity index (χ0v) is 20.1. The fourth-order valence-corrected chi connectivity index (χ4v) is 5.07. The molecule has 0 atom stereocenters. The van der Waals surface area contributed by atoms with Crippen molar-refractivity contribution in [2.75, 3.05) is 30.3 Å². The second kappa shape index (κ2) is 8.99. The van der Waals surface area contributed by atoms with Crippen molar-refractivity contribution in [1.29, 1.82) is 0 Å². The Kier molecular flexibility index (Phi) is 5.53. The van der Waals surface area contributed by atoms with Gasteiger partial charge in [-0.25, -0.2) is 9.97 Å². The largest absolute Gasteiger partial charge is 0.368 e. The number of thiophene rings is 1. The molecule has 35 heavy (non-hydrogen) atoms. The number of nitrogens with one attached hydrogen (secondary N) is 2. The fraction of sp³-hybridized carbons (Fsp3) is 0.292. The fourth-order valence-electron chi connectivity index (χ4n) is 4.44. The van der Waals surface area contributed by atoms with Crippen LogP contribution in [0.5, 0.6) is 0 Å². The Bertz CT molecular complexity index is 1500. The number of hydrogen-bond donors (Lipinski definition) is 2. The highest BCUT2D eigenvalue weighted by molar-refractivity contribution is 7.08. The number of nitrogens with zero attached hydrogens (tertiary/aromatic N) is 7. The summed E-state index contributed by atoms with van der Waals surface area (Å²) in [6, 6.07) is 10.0. The van der Waals surface area contributed by atoms with E-state index >= 15 is 0 Å². The zero-order chi connectivity index (χ0) is 23.8. The van der Waals surface area contributed by atoms with Crippen LogP contribution < -0.4 is 10.6 Å². The first kappa shape index (κ1) is 21.5. The van der Waals surface area contributed by atoms with Gasteiger partial charge in [0.2, 0.25) is 17.8 Å². The minimum Gasteiger partial charge on any atom is -0.368 e. The number of aryl methyl sites for hydroxylation is 1. The number of aromatic nitrogens is 6. The lowest BCUT2D eigenvalue weighted by Gasteiger charge is -2.15. The smallest absolute Gasteiger partial charge is 0.233 e. The molecular weight excluding hydrogens is 462 g/mol. The van der Waals surface area contributed by atoms with E-state index in [0.717, 1.165) is 42.7 Å². The number of hydrogen-bond acceptors (Lipinski definition) is 8. The molecule has 5 heterocycles. The second-order valence-electron chi connectivity index (χ2n) is 8.54. The second-order valence-corrected chi connectivity index (χ2v) is 9.32. The average Bonchev–Trinajstić information content (AvgIpc) is 3.65. The molecule has 11 heteroatoms. The molecule has 1 saturated heterocycles. The van der Waals surface area contributed by atoms with Crippen molar-refractivity contribution in [3.05, 3.63) is 47.4 Å². The topological polar surface area (TPSA) is 106 Å². The van der Waals surface area contributed by atoms with Crippen LogP contribution in [-0.4, -0.2) is 59.5 Å². The lowest BCUT2D eigenvalue weighted by Crippen LogP contribution is -2.27. The van der Waals surface area contributed by atoms with Gasteiger partial charge >= 0.3 is 0 Å². The quantitative estimate of drug-likeness (QED) is 0.320. The van der Waals surface area contributed by atoms with E-state index < -0.39 is 0 Å². The molecule has 0 unspecified atom stereocenters. The summed E-state index contributed by atoms with van der Waals surface area (Å²) in [5.41, 5.74) is 4.33. The van der Waals surface area contributed by atoms with Gasteiger partial charge in [-0.3, -0.25) is 14.7 Å². The van der Waals surface area contributed by atoms with Crippen LogP contribution in [0, 0.1) is 0 Å². The normalized spacial score (nSPS) is 13.9. The van der Waals surface area contributed by atoms with Crippen LogP contribution in [0.1, 0.15) is 19.3 Å². The van der Waals surface area contributed by atoms with Crippen LogP contribution in [0.3, 0.4) is 0 Å². The number of imidazole rings is 2. The third-order valence-electron chi connectivity index (χ3n) is 6.26. The van der Waals surface area contributed by atoms with Crippen molar-refractivity contribution in [3.8, 4) is 5.69 Å². The van der Waals surface area contributed by atoms with Crippen LogP contribution in [0.4, 0.5) is 17.7 Å². The molecule has 1 amide bonds. The molecule has 4 aromatic heterocycles. The molecule has 0 radical (unpaired) electrons. The molecule has 0 spiro atoms. The molecule has 0 saturated carbocycles. The van der Waals surface area contributed by atoms with E-state index in [1.165, 1.54) is 0 Å². The van der Waals surface area contributed by atoms with Gasteiger partial charge in [-0.05, 0) is 36.4 Å². The van der Waals surface area contributed by atoms with Crippen LogP contribution in [-0.2, 0) is 11.8 Å². The summed E-state index contributed by atoms with van der Waals surface area (Å²) < 4.78 is 3.95. The van der Waals surface area contributed by atoms with Gasteiger partial charge in [0, 0.05) is 38.5 Å². The van der Waals surface area contributed by atoms with E-state index in [4.69, 9.17) is 15.0 Å². The van der Waals surface area contributed by atoms with E-state index in [2.05, 4.69) is 21.0 Å². The van der Waals surface area contributed by atoms with Gasteiger partial charge in [-0.2, -0.15) is 21.3 Å². The van der Waals surface area contributed by atoms with Crippen molar-refractivity contribution < 1.29 is 4.79 Å². The Morgan fingerprint density at radius 2 is 2.06 bits per heavy atom. The molecule has 1 aliphatic heterocycles. The van der Waals surface area contributed by atoms with Gasteiger partial charge < -0.3 is 14.8 Å². The summed E-state index contributed by atoms with van der Waals surface area (Å²) in [6.07, 6.45) is 4.22. The van der Waals surface area contributed by atoms with Crippen molar-refractivity contribution in [1.82, 2.24) is 34.0 Å². The maximum absolute atomic E-state index is 11.9. The molecule has 6 rings (SSSR count). The lowest BCUT2D eigenvalue weighted by atomic mass is 10.3. The Balaban J connectivity index is 1.31. The van der Waals surface area contributed by atoms with E-state index in [-0.39, 0.29) is 5.91 Å². The molecule has 2 N–H and O–H groups in total. The number of likely N-dealkylation sites (tertiary alicyclic amines) is 1. The first-order valence-electron chi connectivity index (χ1n) is 11.7. The number of carbonyl (C=O) groups is 1. The molecule has 1 fully saturated rings. The van der Waals surface area contributed by atoms with Gasteiger partial charge in [-0.15, -0.1) is 0 Å². The Morgan fingerprint density at radius 1 is 1.14 bits per heavy atom. The number of fused-ring (bicyclic) bond motifs is 2. The van der Waals surface area contributed by atoms with E-state index in [0.29, 0.717) is 41.8 Å². The lowest BCUT2D eigenvalue weighted by molar-refractivity contribution is -0.127. The van der Waals surface area contributed by atoms with E-state index in [1.807, 2.05) is 56.8 Å². The summed E-state index contributed by atoms with van der Waals surface area (Å²) >= 11 is 1.62. The molecule has 1 aliphatic rings. The average molecular weight is 488 g/mol. The molecular formula is C24H25N9OS. The van der Waals surface area contributed by atoms with Gasteiger partial charge in [-0.1, -0.05) is 12.1 Å². The molecule has 0 aliphatic carbocycles. The number of benzene rings is 1. The number of rotatable bonds is 8. The first-order valence-corrected chi connectivity index (χ1v) is 12.6. The van der Waals surface area contributed by atoms with Crippen LogP contribution in [0.2, 0.25) is 0 Å². The molecule has 5 aromatic rings. The van der Waals surface area contributed by atoms with Crippen molar-refractivity contribution in [2.45, 2.75) is 19.3 Å². The number of para-hydroxylation sites is 2. The van der Waals surface area contributed by atoms with Crippen molar-refractivity contribution in [3.63, 3.8) is 0 Å². The minimum atomic E-state index is 0.248. The highest BCUT2D eigenvalue weighted by Crippen LogP contribution is 2.26. The summed E-state index contributed by atoms with van der Waals surface area (Å²) in [6.45, 7) is 2.27. The zero-order valence-electron chi connectivity index (χ0n) is 19.3. The monoisotopic (exact) mass is 487 g/mol. The molecule has 178 valence electrons. The van der Waals surface area contributed by atoms with Crippen LogP contribution >= 0.6 is 11.3 Å². The standard InChI is InChI=1S/C24H25N9OS/c1-31-18-7-3-2-6-17(18)27-24(31)30-23-28-21(25-10-5-12-32-11-4-8-19(32)34)20-22(29-23)33(15-26-20)16-9-13-35-14-16/h2-3,6-7,9,13-15H,4-5,8,10-12H2,1H3,(H2,25,27,28,29,30). The van der Waals surface area contributed by atoms with Crippen LogP contribution in [0.15, 0.2) is 47.4 Å². The predicted octanol–water partition coefficient (Wildman–Crippen LogP) is 3.93. The highest BCUT2D eigenvalue weighted by Gasteiger charge is 2.20. The summed E-state index contributed by atoms with van der Waals surface area (Å²) in [7, 11) is 1.96. The predicted molar refractivity (Wildman–Crippen MR) is 137 cm³/mol. The van der Waals surface area contributed by atoms with Crippen molar-refractivity contribution in [2.24, 2.45) is 7.05 Å². The van der Waals surface area contributed by atoms with Gasteiger partial charge in [0.05, 0.1) is 16.7 Å². The van der Waals surface area contributed by atoms with Gasteiger partial charge in [0.25, 0.3) is 0 Å². The Hall–Kier alpha value is -3.99. The maximum Gasteiger partial charge on any atom is 0.233 e. The third-order valence-corrected chi connectivity index (χ3v) is 6.93. The van der Waals surface area contributed by atoms with Crippen molar-refractivity contribution >= 4 is 57.2 Å². The molecule has 0 bridgehead atoms. The first-order chi connectivity index (χ1) is 17.2. The third kappa shape index (κ3) is 4.08. The number of carbonyl (C=O) groups excluding carboxylic acids is 1. The summed E-state index contributed by atoms with van der Waals surface area (Å²) in [5, 5.41) is 10.8. The maximum atomic E-state index is 11.9. The Labute approximate surface area is 205 Å². The van der Waals surface area contributed by atoms with Gasteiger partial charge in [0.15, 0.2) is 17.0 Å². The van der Waals surface area contributed by atoms with E-state index in [9.17, 15) is 4.79 Å². The SMILES string of the molecule is Cn1c(Nc2nc(NCCCN3CCCC3=O)c3ncn(-c4ccsc4)c3n2)nc2ccccc21. The van der Waals surface area contributed by atoms with Gasteiger partial charge in [0.1, 0.15) is 6.33 Å². The highest BCUT2D eigenvalue weighted by atomic mass is 32.1. The molecule has 1 aromatic carbocycles. The van der Waals surface area contributed by atoms with E-state index in [1.54, 1.807) is 17.7 Å². The summed E-state index contributed by atoms with van der Waals surface area (Å²) in [4.78, 5) is 32.7. The number of amides is 1.